The van der Waals surface area contributed by atoms with E-state index in [0.29, 0.717) is 0 Å². The molecule has 0 radical (unpaired) electrons. The Kier molecular flexibility index (Phi) is 2.92. The zero-order valence-electron chi connectivity index (χ0n) is 12.6. The minimum atomic E-state index is 0.0357. The van der Waals surface area contributed by atoms with Gasteiger partial charge in [-0.2, -0.15) is 0 Å². The van der Waals surface area contributed by atoms with Crippen LogP contribution in [-0.4, -0.2) is 11.0 Å². The molecular weight excluding hydrogens is 238 g/mol. The largest absolute Gasteiger partial charge is 0.508 e. The molecule has 3 heteroatoms. The standard InChI is InChI=1S/C16H23NO2/c1-9-8-12(18)10(2)7-11(9)17-14(19)13-15(3,4)16(13,5)6/h7-8,13,18H,1-6H3,(H,17,19). The topological polar surface area (TPSA) is 49.3 Å². The van der Waals surface area contributed by atoms with Crippen molar-refractivity contribution in [1.82, 2.24) is 0 Å². The SMILES string of the molecule is Cc1cc(NC(=O)C2C(C)(C)C2(C)C)c(C)cc1O. The van der Waals surface area contributed by atoms with Gasteiger partial charge in [-0.25, -0.2) is 0 Å². The number of carbonyl (C=O) groups is 1. The number of benzene rings is 1. The Morgan fingerprint density at radius 3 is 2.11 bits per heavy atom. The Morgan fingerprint density at radius 2 is 1.63 bits per heavy atom. The van der Waals surface area contributed by atoms with Crippen LogP contribution in [0.5, 0.6) is 5.75 Å². The fourth-order valence-electron chi connectivity index (χ4n) is 2.99. The van der Waals surface area contributed by atoms with Crippen molar-refractivity contribution in [3.63, 3.8) is 0 Å². The lowest BCUT2D eigenvalue weighted by Gasteiger charge is -2.11. The van der Waals surface area contributed by atoms with E-state index in [1.54, 1.807) is 6.07 Å². The van der Waals surface area contributed by atoms with Crippen molar-refractivity contribution in [2.24, 2.45) is 16.7 Å². The van der Waals surface area contributed by atoms with Gasteiger partial charge in [0.25, 0.3) is 0 Å². The Labute approximate surface area is 115 Å². The van der Waals surface area contributed by atoms with Crippen molar-refractivity contribution in [3.05, 3.63) is 23.3 Å². The summed E-state index contributed by atoms with van der Waals surface area (Å²) in [5, 5.41) is 12.6. The molecule has 1 amide bonds. The van der Waals surface area contributed by atoms with Crippen LogP contribution in [0.2, 0.25) is 0 Å². The number of nitrogens with one attached hydrogen (secondary N) is 1. The number of hydrogen-bond donors (Lipinski definition) is 2. The van der Waals surface area contributed by atoms with E-state index in [1.165, 1.54) is 0 Å². The normalized spacial score (nSPS) is 20.1. The van der Waals surface area contributed by atoms with E-state index in [0.717, 1.165) is 16.8 Å². The molecule has 0 unspecified atom stereocenters. The van der Waals surface area contributed by atoms with E-state index < -0.39 is 0 Å². The Bertz CT molecular complexity index is 530. The first-order valence-electron chi connectivity index (χ1n) is 6.70. The average molecular weight is 261 g/mol. The second-order valence-electron chi connectivity index (χ2n) is 6.82. The number of phenolic OH excluding ortho intramolecular Hbond substituents is 1. The molecule has 1 fully saturated rings. The summed E-state index contributed by atoms with van der Waals surface area (Å²) in [6.07, 6.45) is 0. The van der Waals surface area contributed by atoms with Crippen LogP contribution in [0.15, 0.2) is 12.1 Å². The molecule has 0 bridgehead atoms. The molecule has 0 saturated heterocycles. The smallest absolute Gasteiger partial charge is 0.228 e. The lowest BCUT2D eigenvalue weighted by Crippen LogP contribution is -2.18. The summed E-state index contributed by atoms with van der Waals surface area (Å²) in [5.74, 6) is 0.374. The molecule has 2 N–H and O–H groups in total. The summed E-state index contributed by atoms with van der Waals surface area (Å²) >= 11 is 0. The van der Waals surface area contributed by atoms with Gasteiger partial charge in [0.05, 0.1) is 0 Å². The molecular formula is C16H23NO2. The van der Waals surface area contributed by atoms with Gasteiger partial charge in [-0.05, 0) is 47.9 Å². The van der Waals surface area contributed by atoms with Crippen molar-refractivity contribution < 1.29 is 9.90 Å². The number of hydrogen-bond acceptors (Lipinski definition) is 2. The Balaban J connectivity index is 2.20. The molecule has 1 aromatic carbocycles. The maximum Gasteiger partial charge on any atom is 0.228 e. The lowest BCUT2D eigenvalue weighted by atomic mass is 10.0. The Morgan fingerprint density at radius 1 is 1.11 bits per heavy atom. The molecule has 1 aliphatic rings. The molecule has 0 aliphatic heterocycles. The molecule has 0 aromatic heterocycles. The molecule has 0 spiro atoms. The molecule has 104 valence electrons. The third-order valence-electron chi connectivity index (χ3n) is 5.08. The minimum Gasteiger partial charge on any atom is -0.508 e. The van der Waals surface area contributed by atoms with Crippen molar-refractivity contribution in [2.75, 3.05) is 5.32 Å². The molecule has 3 nitrogen and oxygen atoms in total. The second-order valence-corrected chi connectivity index (χ2v) is 6.82. The number of carbonyl (C=O) groups excluding carboxylic acids is 1. The van der Waals surface area contributed by atoms with Crippen LogP contribution in [0, 0.1) is 30.6 Å². The van der Waals surface area contributed by atoms with Gasteiger partial charge in [-0.1, -0.05) is 27.7 Å². The van der Waals surface area contributed by atoms with Gasteiger partial charge < -0.3 is 10.4 Å². The molecule has 1 saturated carbocycles. The average Bonchev–Trinajstić information content (AvgIpc) is 2.66. The van der Waals surface area contributed by atoms with Crippen molar-refractivity contribution in [3.8, 4) is 5.75 Å². The van der Waals surface area contributed by atoms with Gasteiger partial charge in [-0.3, -0.25) is 4.79 Å². The molecule has 1 aliphatic carbocycles. The predicted octanol–water partition coefficient (Wildman–Crippen LogP) is 3.63. The van der Waals surface area contributed by atoms with Crippen LogP contribution in [0.25, 0.3) is 0 Å². The third kappa shape index (κ3) is 2.01. The van der Waals surface area contributed by atoms with Crippen molar-refractivity contribution >= 4 is 11.6 Å². The molecule has 0 atom stereocenters. The molecule has 2 rings (SSSR count). The maximum atomic E-state index is 12.4. The number of phenols is 1. The number of rotatable bonds is 2. The number of aryl methyl sites for hydroxylation is 2. The van der Waals surface area contributed by atoms with Gasteiger partial charge in [0, 0.05) is 11.6 Å². The van der Waals surface area contributed by atoms with E-state index >= 15 is 0 Å². The first kappa shape index (κ1) is 13.9. The fraction of sp³-hybridized carbons (Fsp3) is 0.562. The number of amides is 1. The van der Waals surface area contributed by atoms with Crippen LogP contribution in [0.1, 0.15) is 38.8 Å². The van der Waals surface area contributed by atoms with Gasteiger partial charge in [0.1, 0.15) is 5.75 Å². The first-order valence-corrected chi connectivity index (χ1v) is 6.70. The van der Waals surface area contributed by atoms with Crippen LogP contribution >= 0.6 is 0 Å². The van der Waals surface area contributed by atoms with Crippen LogP contribution < -0.4 is 5.32 Å². The van der Waals surface area contributed by atoms with Crippen LogP contribution in [0.3, 0.4) is 0 Å². The summed E-state index contributed by atoms with van der Waals surface area (Å²) in [6.45, 7) is 12.2. The zero-order chi connectivity index (χ0) is 14.6. The van der Waals surface area contributed by atoms with Crippen molar-refractivity contribution in [2.45, 2.75) is 41.5 Å². The highest BCUT2D eigenvalue weighted by atomic mass is 16.3. The quantitative estimate of drug-likeness (QED) is 0.799. The summed E-state index contributed by atoms with van der Waals surface area (Å²) in [6, 6.07) is 3.51. The molecule has 1 aromatic rings. The number of anilines is 1. The van der Waals surface area contributed by atoms with Gasteiger partial charge in [0.15, 0.2) is 0 Å². The van der Waals surface area contributed by atoms with E-state index in [1.807, 2.05) is 19.9 Å². The first-order chi connectivity index (χ1) is 8.59. The fourth-order valence-corrected chi connectivity index (χ4v) is 2.99. The summed E-state index contributed by atoms with van der Waals surface area (Å²) in [4.78, 5) is 12.4. The molecule has 0 heterocycles. The predicted molar refractivity (Wildman–Crippen MR) is 77.3 cm³/mol. The zero-order valence-corrected chi connectivity index (χ0v) is 12.6. The molecule has 19 heavy (non-hydrogen) atoms. The number of aromatic hydroxyl groups is 1. The Hall–Kier alpha value is -1.51. The monoisotopic (exact) mass is 261 g/mol. The third-order valence-corrected chi connectivity index (χ3v) is 5.08. The summed E-state index contributed by atoms with van der Waals surface area (Å²) < 4.78 is 0. The van der Waals surface area contributed by atoms with Gasteiger partial charge in [-0.15, -0.1) is 0 Å². The van der Waals surface area contributed by atoms with E-state index in [2.05, 4.69) is 33.0 Å². The minimum absolute atomic E-state index is 0.0357. The summed E-state index contributed by atoms with van der Waals surface area (Å²) in [5.41, 5.74) is 2.52. The van der Waals surface area contributed by atoms with E-state index in [-0.39, 0.29) is 28.4 Å². The van der Waals surface area contributed by atoms with E-state index in [4.69, 9.17) is 0 Å². The second kappa shape index (κ2) is 3.99. The van der Waals surface area contributed by atoms with Gasteiger partial charge >= 0.3 is 0 Å². The maximum absolute atomic E-state index is 12.4. The van der Waals surface area contributed by atoms with Gasteiger partial charge in [0.2, 0.25) is 5.91 Å². The highest BCUT2D eigenvalue weighted by Gasteiger charge is 2.68. The lowest BCUT2D eigenvalue weighted by molar-refractivity contribution is -0.118. The van der Waals surface area contributed by atoms with Crippen LogP contribution in [0.4, 0.5) is 5.69 Å². The highest BCUT2D eigenvalue weighted by Crippen LogP contribution is 2.68. The highest BCUT2D eigenvalue weighted by molar-refractivity contribution is 5.96. The van der Waals surface area contributed by atoms with Crippen molar-refractivity contribution in [1.29, 1.82) is 0 Å². The summed E-state index contributed by atoms with van der Waals surface area (Å²) in [7, 11) is 0. The van der Waals surface area contributed by atoms with Crippen LogP contribution in [-0.2, 0) is 4.79 Å². The van der Waals surface area contributed by atoms with E-state index in [9.17, 15) is 9.90 Å².